The molecule has 0 heterocycles. The van der Waals surface area contributed by atoms with Crippen molar-refractivity contribution in [2.24, 2.45) is 0 Å². The topological polar surface area (TPSA) is 0 Å². The van der Waals surface area contributed by atoms with Gasteiger partial charge in [0.25, 0.3) is 0 Å². The molecule has 0 aliphatic carbocycles. The molecular weight excluding hydrogens is 208 g/mol. The minimum absolute atomic E-state index is 0.115. The van der Waals surface area contributed by atoms with E-state index in [0.717, 1.165) is 12.1 Å². The summed E-state index contributed by atoms with van der Waals surface area (Å²) in [6.45, 7) is 0. The molecule has 0 atom stereocenters. The van der Waals surface area contributed by atoms with E-state index in [9.17, 15) is 17.6 Å². The van der Waals surface area contributed by atoms with E-state index in [2.05, 4.69) is 0 Å². The second-order valence-corrected chi connectivity index (χ2v) is 2.70. The van der Waals surface area contributed by atoms with E-state index in [0.29, 0.717) is 6.07 Å². The molecule has 72 valence electrons. The van der Waals surface area contributed by atoms with Gasteiger partial charge in [-0.25, -0.2) is 4.39 Å². The largest absolute Gasteiger partial charge is 0.416 e. The van der Waals surface area contributed by atoms with E-state index < -0.39 is 17.6 Å². The normalized spacial score (nSPS) is 11.8. The van der Waals surface area contributed by atoms with Crippen LogP contribution in [0.3, 0.4) is 0 Å². The number of benzene rings is 1. The molecule has 0 aliphatic rings. The van der Waals surface area contributed by atoms with Crippen molar-refractivity contribution in [2.45, 2.75) is 12.1 Å². The summed E-state index contributed by atoms with van der Waals surface area (Å²) in [5.74, 6) is -1.20. The van der Waals surface area contributed by atoms with Crippen LogP contribution in [-0.4, -0.2) is 0 Å². The standard InChI is InChI=1S/C8H5ClF4/c9-4-5-1-2-6(10)3-7(5)8(11,12)13/h1-3H,4H2. The van der Waals surface area contributed by atoms with Gasteiger partial charge in [-0.1, -0.05) is 6.07 Å². The Kier molecular flexibility index (Phi) is 2.81. The van der Waals surface area contributed by atoms with Crippen LogP contribution in [0, 0.1) is 5.82 Å². The Hall–Kier alpha value is -0.770. The molecule has 0 saturated heterocycles. The molecular formula is C8H5ClF4. The van der Waals surface area contributed by atoms with Crippen LogP contribution in [-0.2, 0) is 12.1 Å². The zero-order chi connectivity index (χ0) is 10.1. The van der Waals surface area contributed by atoms with Crippen LogP contribution in [0.2, 0.25) is 0 Å². The van der Waals surface area contributed by atoms with Gasteiger partial charge in [0, 0.05) is 5.88 Å². The fourth-order valence-electron chi connectivity index (χ4n) is 0.929. The van der Waals surface area contributed by atoms with Gasteiger partial charge in [-0.15, -0.1) is 11.6 Å². The molecule has 0 amide bonds. The minimum atomic E-state index is -4.55. The second kappa shape index (κ2) is 3.54. The van der Waals surface area contributed by atoms with E-state index >= 15 is 0 Å². The third-order valence-corrected chi connectivity index (χ3v) is 1.81. The zero-order valence-corrected chi connectivity index (χ0v) is 7.08. The highest BCUT2D eigenvalue weighted by Gasteiger charge is 2.33. The fourth-order valence-corrected chi connectivity index (χ4v) is 1.16. The SMILES string of the molecule is Fc1ccc(CCl)c(C(F)(F)F)c1. The van der Waals surface area contributed by atoms with Gasteiger partial charge in [0.15, 0.2) is 0 Å². The molecule has 1 aromatic rings. The lowest BCUT2D eigenvalue weighted by atomic mass is 10.1. The van der Waals surface area contributed by atoms with Gasteiger partial charge in [0.1, 0.15) is 5.82 Å². The van der Waals surface area contributed by atoms with Crippen LogP contribution < -0.4 is 0 Å². The molecule has 0 spiro atoms. The van der Waals surface area contributed by atoms with Crippen molar-refractivity contribution < 1.29 is 17.6 Å². The average molecular weight is 213 g/mol. The number of rotatable bonds is 1. The number of alkyl halides is 4. The maximum absolute atomic E-state index is 12.5. The van der Waals surface area contributed by atoms with Crippen LogP contribution in [0.25, 0.3) is 0 Å². The smallest absolute Gasteiger partial charge is 0.207 e. The molecule has 0 N–H and O–H groups in total. The van der Waals surface area contributed by atoms with Crippen LogP contribution in [0.5, 0.6) is 0 Å². The Morgan fingerprint density at radius 3 is 2.31 bits per heavy atom. The lowest BCUT2D eigenvalue weighted by Crippen LogP contribution is -2.08. The Labute approximate surface area is 77.1 Å². The highest BCUT2D eigenvalue weighted by molar-refractivity contribution is 6.17. The molecule has 1 aromatic carbocycles. The maximum atomic E-state index is 12.5. The molecule has 0 bridgehead atoms. The quantitative estimate of drug-likeness (QED) is 0.493. The van der Waals surface area contributed by atoms with Crippen molar-refractivity contribution in [3.05, 3.63) is 35.1 Å². The molecule has 0 aromatic heterocycles. The van der Waals surface area contributed by atoms with Crippen molar-refractivity contribution >= 4 is 11.6 Å². The van der Waals surface area contributed by atoms with Crippen LogP contribution >= 0.6 is 11.6 Å². The summed E-state index contributed by atoms with van der Waals surface area (Å²) < 4.78 is 49.0. The maximum Gasteiger partial charge on any atom is 0.416 e. The lowest BCUT2D eigenvalue weighted by molar-refractivity contribution is -0.138. The van der Waals surface area contributed by atoms with Crippen LogP contribution in [0.15, 0.2) is 18.2 Å². The molecule has 5 heteroatoms. The van der Waals surface area contributed by atoms with Crippen LogP contribution in [0.1, 0.15) is 11.1 Å². The monoisotopic (exact) mass is 212 g/mol. The van der Waals surface area contributed by atoms with E-state index in [1.807, 2.05) is 0 Å². The van der Waals surface area contributed by atoms with Crippen molar-refractivity contribution in [1.82, 2.24) is 0 Å². The Morgan fingerprint density at radius 2 is 1.85 bits per heavy atom. The molecule has 0 saturated carbocycles. The first-order chi connectivity index (χ1) is 5.95. The molecule has 0 fully saturated rings. The molecule has 0 unspecified atom stereocenters. The van der Waals surface area contributed by atoms with E-state index in [4.69, 9.17) is 11.6 Å². The van der Waals surface area contributed by atoms with Gasteiger partial charge in [-0.2, -0.15) is 13.2 Å². The second-order valence-electron chi connectivity index (χ2n) is 2.43. The van der Waals surface area contributed by atoms with Gasteiger partial charge in [0.2, 0.25) is 0 Å². The summed E-state index contributed by atoms with van der Waals surface area (Å²) >= 11 is 5.27. The fraction of sp³-hybridized carbons (Fsp3) is 0.250. The van der Waals surface area contributed by atoms with Gasteiger partial charge in [-0.05, 0) is 17.7 Å². The third kappa shape index (κ3) is 2.34. The Balaban J connectivity index is 3.24. The van der Waals surface area contributed by atoms with E-state index in [-0.39, 0.29) is 11.4 Å². The molecule has 0 radical (unpaired) electrons. The molecule has 13 heavy (non-hydrogen) atoms. The highest BCUT2D eigenvalue weighted by atomic mass is 35.5. The molecule has 0 nitrogen and oxygen atoms in total. The molecule has 0 aliphatic heterocycles. The lowest BCUT2D eigenvalue weighted by Gasteiger charge is -2.10. The third-order valence-electron chi connectivity index (χ3n) is 1.52. The van der Waals surface area contributed by atoms with E-state index in [1.54, 1.807) is 0 Å². The van der Waals surface area contributed by atoms with Gasteiger partial charge in [-0.3, -0.25) is 0 Å². The summed E-state index contributed by atoms with van der Waals surface area (Å²) in [7, 11) is 0. The summed E-state index contributed by atoms with van der Waals surface area (Å²) in [5, 5.41) is 0. The van der Waals surface area contributed by atoms with Gasteiger partial charge >= 0.3 is 6.18 Å². The van der Waals surface area contributed by atoms with Crippen molar-refractivity contribution in [2.75, 3.05) is 0 Å². The molecule has 1 rings (SSSR count). The first kappa shape index (κ1) is 10.3. The summed E-state index contributed by atoms with van der Waals surface area (Å²) in [6, 6.07) is 2.43. The number of halogens is 5. The Morgan fingerprint density at radius 1 is 1.23 bits per heavy atom. The van der Waals surface area contributed by atoms with Crippen molar-refractivity contribution in [3.8, 4) is 0 Å². The predicted octanol–water partition coefficient (Wildman–Crippen LogP) is 3.58. The first-order valence-corrected chi connectivity index (χ1v) is 3.90. The highest BCUT2D eigenvalue weighted by Crippen LogP contribution is 2.33. The number of hydrogen-bond acceptors (Lipinski definition) is 0. The van der Waals surface area contributed by atoms with Gasteiger partial charge in [0.05, 0.1) is 5.56 Å². The van der Waals surface area contributed by atoms with Crippen molar-refractivity contribution in [3.63, 3.8) is 0 Å². The zero-order valence-electron chi connectivity index (χ0n) is 6.33. The van der Waals surface area contributed by atoms with Crippen LogP contribution in [0.4, 0.5) is 17.6 Å². The predicted molar refractivity (Wildman–Crippen MR) is 41.0 cm³/mol. The summed E-state index contributed by atoms with van der Waals surface area (Å²) in [6.07, 6.45) is -4.55. The first-order valence-electron chi connectivity index (χ1n) is 3.36. The van der Waals surface area contributed by atoms with Crippen molar-refractivity contribution in [1.29, 1.82) is 0 Å². The average Bonchev–Trinajstić information content (AvgIpc) is 2.03. The minimum Gasteiger partial charge on any atom is -0.207 e. The summed E-state index contributed by atoms with van der Waals surface area (Å²) in [5.41, 5.74) is -1.13. The number of hydrogen-bond donors (Lipinski definition) is 0. The van der Waals surface area contributed by atoms with E-state index in [1.165, 1.54) is 0 Å². The summed E-state index contributed by atoms with van der Waals surface area (Å²) in [4.78, 5) is 0. The van der Waals surface area contributed by atoms with Gasteiger partial charge < -0.3 is 0 Å². The Bertz CT molecular complexity index is 306.